The van der Waals surface area contributed by atoms with E-state index >= 15 is 0 Å². The smallest absolute Gasteiger partial charge is 0.314 e. The second-order valence-corrected chi connectivity index (χ2v) is 6.94. The molecule has 0 bridgehead atoms. The molecule has 0 fully saturated rings. The van der Waals surface area contributed by atoms with Crippen molar-refractivity contribution in [1.82, 2.24) is 20.1 Å². The summed E-state index contributed by atoms with van der Waals surface area (Å²) in [5, 5.41) is 9.96. The molecule has 1 aliphatic rings. The second kappa shape index (κ2) is 8.69. The van der Waals surface area contributed by atoms with Gasteiger partial charge in [-0.1, -0.05) is 31.1 Å². The molecule has 3 rings (SSSR count). The predicted molar refractivity (Wildman–Crippen MR) is 109 cm³/mol. The SMILES string of the molecule is CCCCN(CC1=CCCC=C1C)C(=O)C(=O)Nc1cnc(N)c2cn[nH]c12. The topological polar surface area (TPSA) is 117 Å². The summed E-state index contributed by atoms with van der Waals surface area (Å²) < 4.78 is 0. The minimum Gasteiger partial charge on any atom is -0.383 e. The maximum absolute atomic E-state index is 12.9. The zero-order valence-electron chi connectivity index (χ0n) is 16.3. The molecule has 0 saturated heterocycles. The maximum Gasteiger partial charge on any atom is 0.314 e. The highest BCUT2D eigenvalue weighted by molar-refractivity contribution is 6.40. The molecule has 8 heteroatoms. The summed E-state index contributed by atoms with van der Waals surface area (Å²) in [6, 6.07) is 0. The van der Waals surface area contributed by atoms with Crippen LogP contribution in [0.2, 0.25) is 0 Å². The van der Waals surface area contributed by atoms with Crippen molar-refractivity contribution in [1.29, 1.82) is 0 Å². The second-order valence-electron chi connectivity index (χ2n) is 6.94. The Morgan fingerprint density at radius 1 is 1.29 bits per heavy atom. The van der Waals surface area contributed by atoms with Crippen molar-refractivity contribution >= 4 is 34.2 Å². The number of nitrogens with two attached hydrogens (primary N) is 1. The van der Waals surface area contributed by atoms with Crippen LogP contribution in [0.5, 0.6) is 0 Å². The molecule has 2 amide bonds. The summed E-state index contributed by atoms with van der Waals surface area (Å²) >= 11 is 0. The van der Waals surface area contributed by atoms with Crippen LogP contribution in [0.25, 0.3) is 10.9 Å². The third kappa shape index (κ3) is 4.21. The largest absolute Gasteiger partial charge is 0.383 e. The number of nitrogen functional groups attached to an aromatic ring is 1. The van der Waals surface area contributed by atoms with Gasteiger partial charge in [-0.05, 0) is 31.8 Å². The zero-order chi connectivity index (χ0) is 20.1. The van der Waals surface area contributed by atoms with Crippen molar-refractivity contribution in [2.45, 2.75) is 39.5 Å². The molecule has 0 saturated carbocycles. The number of nitrogens with zero attached hydrogens (tertiary/aromatic N) is 3. The van der Waals surface area contributed by atoms with Gasteiger partial charge in [-0.25, -0.2) is 4.98 Å². The zero-order valence-corrected chi connectivity index (χ0v) is 16.3. The lowest BCUT2D eigenvalue weighted by atomic mass is 9.98. The number of aromatic amines is 1. The Morgan fingerprint density at radius 2 is 2.07 bits per heavy atom. The maximum atomic E-state index is 12.9. The van der Waals surface area contributed by atoms with Crippen molar-refractivity contribution in [2.75, 3.05) is 24.1 Å². The van der Waals surface area contributed by atoms with E-state index in [4.69, 9.17) is 5.73 Å². The molecule has 0 aliphatic heterocycles. The van der Waals surface area contributed by atoms with Crippen LogP contribution in [0.15, 0.2) is 35.7 Å². The van der Waals surface area contributed by atoms with Gasteiger partial charge in [0.1, 0.15) is 5.82 Å². The molecule has 28 heavy (non-hydrogen) atoms. The van der Waals surface area contributed by atoms with Crippen LogP contribution in [-0.2, 0) is 9.59 Å². The van der Waals surface area contributed by atoms with Gasteiger partial charge in [0.2, 0.25) is 0 Å². The fourth-order valence-corrected chi connectivity index (χ4v) is 3.21. The van der Waals surface area contributed by atoms with E-state index < -0.39 is 11.8 Å². The monoisotopic (exact) mass is 382 g/mol. The van der Waals surface area contributed by atoms with Crippen molar-refractivity contribution in [3.63, 3.8) is 0 Å². The van der Waals surface area contributed by atoms with Gasteiger partial charge in [-0.3, -0.25) is 14.7 Å². The van der Waals surface area contributed by atoms with Crippen LogP contribution in [0.3, 0.4) is 0 Å². The van der Waals surface area contributed by atoms with E-state index in [0.717, 1.165) is 31.3 Å². The van der Waals surface area contributed by atoms with Crippen LogP contribution >= 0.6 is 0 Å². The van der Waals surface area contributed by atoms with Crippen LogP contribution in [0.1, 0.15) is 39.5 Å². The molecular weight excluding hydrogens is 356 g/mol. The number of rotatable bonds is 6. The van der Waals surface area contributed by atoms with E-state index in [-0.39, 0.29) is 0 Å². The fourth-order valence-electron chi connectivity index (χ4n) is 3.21. The van der Waals surface area contributed by atoms with Crippen LogP contribution in [0.4, 0.5) is 11.5 Å². The number of anilines is 2. The van der Waals surface area contributed by atoms with Crippen LogP contribution in [0, 0.1) is 0 Å². The third-order valence-electron chi connectivity index (χ3n) is 4.90. The minimum absolute atomic E-state index is 0.309. The summed E-state index contributed by atoms with van der Waals surface area (Å²) in [5.41, 5.74) is 9.01. The van der Waals surface area contributed by atoms with Crippen molar-refractivity contribution in [3.05, 3.63) is 35.7 Å². The minimum atomic E-state index is -0.698. The number of allylic oxidation sites excluding steroid dienone is 2. The number of fused-ring (bicyclic) bond motifs is 1. The third-order valence-corrected chi connectivity index (χ3v) is 4.90. The summed E-state index contributed by atoms with van der Waals surface area (Å²) in [4.78, 5) is 31.2. The molecule has 1 aliphatic carbocycles. The molecule has 2 heterocycles. The highest BCUT2D eigenvalue weighted by Gasteiger charge is 2.24. The molecule has 4 N–H and O–H groups in total. The number of pyridine rings is 1. The van der Waals surface area contributed by atoms with Gasteiger partial charge in [-0.2, -0.15) is 5.10 Å². The van der Waals surface area contributed by atoms with Crippen molar-refractivity contribution < 1.29 is 9.59 Å². The lowest BCUT2D eigenvalue weighted by molar-refractivity contribution is -0.142. The number of unbranched alkanes of at least 4 members (excludes halogenated alkanes) is 1. The summed E-state index contributed by atoms with van der Waals surface area (Å²) in [6.45, 7) is 5.08. The first-order chi connectivity index (χ1) is 13.5. The summed E-state index contributed by atoms with van der Waals surface area (Å²) in [6.07, 6.45) is 11.0. The van der Waals surface area contributed by atoms with Crippen LogP contribution < -0.4 is 11.1 Å². The number of nitrogens with one attached hydrogen (secondary N) is 2. The Morgan fingerprint density at radius 3 is 2.82 bits per heavy atom. The lowest BCUT2D eigenvalue weighted by Crippen LogP contribution is -2.41. The molecular formula is C20H26N6O2. The van der Waals surface area contributed by atoms with Crippen LogP contribution in [-0.4, -0.2) is 45.0 Å². The fraction of sp³-hybridized carbons (Fsp3) is 0.400. The molecule has 2 aromatic rings. The Bertz CT molecular complexity index is 943. The van der Waals surface area contributed by atoms with Gasteiger partial charge < -0.3 is 16.0 Å². The van der Waals surface area contributed by atoms with E-state index in [1.54, 1.807) is 4.90 Å². The van der Waals surface area contributed by atoms with Gasteiger partial charge in [0.25, 0.3) is 0 Å². The molecule has 0 spiro atoms. The average Bonchev–Trinajstić information content (AvgIpc) is 3.19. The predicted octanol–water partition coefficient (Wildman–Crippen LogP) is 2.77. The number of aromatic nitrogens is 3. The highest BCUT2D eigenvalue weighted by Crippen LogP contribution is 2.24. The molecule has 0 aromatic carbocycles. The van der Waals surface area contributed by atoms with Gasteiger partial charge in [0, 0.05) is 13.1 Å². The molecule has 2 aromatic heterocycles. The molecule has 0 atom stereocenters. The van der Waals surface area contributed by atoms with Crippen molar-refractivity contribution in [2.24, 2.45) is 0 Å². The molecule has 0 radical (unpaired) electrons. The van der Waals surface area contributed by atoms with Gasteiger partial charge in [0.05, 0.1) is 29.0 Å². The highest BCUT2D eigenvalue weighted by atomic mass is 16.2. The normalized spacial score (nSPS) is 13.8. The lowest BCUT2D eigenvalue weighted by Gasteiger charge is -2.25. The van der Waals surface area contributed by atoms with E-state index in [2.05, 4.69) is 39.6 Å². The van der Waals surface area contributed by atoms with E-state index in [9.17, 15) is 9.59 Å². The van der Waals surface area contributed by atoms with Gasteiger partial charge in [-0.15, -0.1) is 0 Å². The number of H-pyrrole nitrogens is 1. The first kappa shape index (κ1) is 19.6. The Hall–Kier alpha value is -3.16. The van der Waals surface area contributed by atoms with E-state index in [1.807, 2.05) is 6.92 Å². The van der Waals surface area contributed by atoms with Gasteiger partial charge in [0.15, 0.2) is 0 Å². The summed E-state index contributed by atoms with van der Waals surface area (Å²) in [5.74, 6) is -0.946. The Kier molecular flexibility index (Phi) is 6.08. The first-order valence-electron chi connectivity index (χ1n) is 9.55. The number of hydrogen-bond donors (Lipinski definition) is 3. The summed E-state index contributed by atoms with van der Waals surface area (Å²) in [7, 11) is 0. The quantitative estimate of drug-likeness (QED) is 0.664. The average molecular weight is 382 g/mol. The number of hydrogen-bond acceptors (Lipinski definition) is 5. The van der Waals surface area contributed by atoms with Gasteiger partial charge >= 0.3 is 11.8 Å². The molecule has 148 valence electrons. The Labute approximate surface area is 163 Å². The number of carbonyl (C=O) groups is 2. The first-order valence-corrected chi connectivity index (χ1v) is 9.55. The van der Waals surface area contributed by atoms with E-state index in [1.165, 1.54) is 18.0 Å². The van der Waals surface area contributed by atoms with E-state index in [0.29, 0.717) is 35.5 Å². The number of amides is 2. The van der Waals surface area contributed by atoms with Crippen molar-refractivity contribution in [3.8, 4) is 0 Å². The number of carbonyl (C=O) groups excluding carboxylic acids is 2. The Balaban J connectivity index is 1.76. The molecule has 0 unspecified atom stereocenters. The molecule has 8 nitrogen and oxygen atoms in total. The standard InChI is InChI=1S/C20H26N6O2/c1-3-4-9-26(12-14-8-6-5-7-13(14)2)20(28)19(27)24-16-11-22-18(21)15-10-23-25-17(15)16/h7-8,10-11H,3-6,9,12H2,1-2H3,(H2,21,22)(H,23,25)(H,24,27).